The van der Waals surface area contributed by atoms with Gasteiger partial charge in [-0.15, -0.1) is 16.4 Å². The number of thiazole rings is 1. The molecule has 0 aliphatic carbocycles. The van der Waals surface area contributed by atoms with Crippen molar-refractivity contribution >= 4 is 29.2 Å². The number of aldehydes is 1. The Bertz CT molecular complexity index is 706. The molecule has 0 saturated heterocycles. The average molecular weight is 291 g/mol. The van der Waals surface area contributed by atoms with Crippen LogP contribution < -0.4 is 0 Å². The molecule has 0 amide bonds. The zero-order chi connectivity index (χ0) is 13.2. The average Bonchev–Trinajstić information content (AvgIpc) is 3.08. The molecule has 7 heteroatoms. The topological polar surface area (TPSA) is 60.7 Å². The third-order valence-electron chi connectivity index (χ3n) is 2.53. The molecule has 3 rings (SSSR count). The van der Waals surface area contributed by atoms with Crippen LogP contribution in [0.1, 0.15) is 10.5 Å². The highest BCUT2D eigenvalue weighted by molar-refractivity contribution is 7.12. The Kier molecular flexibility index (Phi) is 3.10. The van der Waals surface area contributed by atoms with Gasteiger partial charge in [-0.3, -0.25) is 4.79 Å². The molecular weight excluding hydrogens is 284 g/mol. The molecule has 0 saturated carbocycles. The molecule has 0 bridgehead atoms. The monoisotopic (exact) mass is 290 g/mol. The Labute approximate surface area is 117 Å². The molecule has 0 N–H and O–H groups in total. The van der Waals surface area contributed by atoms with E-state index >= 15 is 0 Å². The maximum absolute atomic E-state index is 11.1. The summed E-state index contributed by atoms with van der Waals surface area (Å²) in [5.41, 5.74) is 1.70. The van der Waals surface area contributed by atoms with Gasteiger partial charge in [0.2, 0.25) is 5.13 Å². The number of hydrogen-bond acceptors (Lipinski definition) is 5. The van der Waals surface area contributed by atoms with Gasteiger partial charge in [-0.25, -0.2) is 4.98 Å². The van der Waals surface area contributed by atoms with Crippen molar-refractivity contribution in [1.82, 2.24) is 20.0 Å². The molecular formula is C12H7ClN4OS. The van der Waals surface area contributed by atoms with Crippen molar-refractivity contribution in [1.29, 1.82) is 0 Å². The first-order valence-corrected chi connectivity index (χ1v) is 6.62. The van der Waals surface area contributed by atoms with Crippen LogP contribution in [-0.4, -0.2) is 26.3 Å². The van der Waals surface area contributed by atoms with Crippen molar-refractivity contribution in [3.63, 3.8) is 0 Å². The molecule has 0 unspecified atom stereocenters. The van der Waals surface area contributed by atoms with E-state index in [-0.39, 0.29) is 5.69 Å². The van der Waals surface area contributed by atoms with Gasteiger partial charge in [-0.1, -0.05) is 28.9 Å². The summed E-state index contributed by atoms with van der Waals surface area (Å²) >= 11 is 7.29. The number of carbonyl (C=O) groups is 1. The third-order valence-corrected chi connectivity index (χ3v) is 3.53. The van der Waals surface area contributed by atoms with Crippen LogP contribution in [0.4, 0.5) is 0 Å². The first-order chi connectivity index (χ1) is 9.29. The highest BCUT2D eigenvalue weighted by Crippen LogP contribution is 2.26. The summed E-state index contributed by atoms with van der Waals surface area (Å²) < 4.78 is 1.55. The van der Waals surface area contributed by atoms with E-state index in [4.69, 9.17) is 11.6 Å². The maximum Gasteiger partial charge on any atom is 0.212 e. The van der Waals surface area contributed by atoms with Gasteiger partial charge in [-0.2, -0.15) is 4.68 Å². The van der Waals surface area contributed by atoms with Crippen LogP contribution in [-0.2, 0) is 0 Å². The van der Waals surface area contributed by atoms with E-state index in [0.717, 1.165) is 5.56 Å². The summed E-state index contributed by atoms with van der Waals surface area (Å²) in [6.45, 7) is 0. The Morgan fingerprint density at radius 1 is 1.26 bits per heavy atom. The van der Waals surface area contributed by atoms with E-state index in [1.807, 2.05) is 17.5 Å². The molecule has 19 heavy (non-hydrogen) atoms. The van der Waals surface area contributed by atoms with Crippen molar-refractivity contribution in [2.45, 2.75) is 0 Å². The normalized spacial score (nSPS) is 10.6. The van der Waals surface area contributed by atoms with Gasteiger partial charge in [0.25, 0.3) is 0 Å². The lowest BCUT2D eigenvalue weighted by atomic mass is 10.1. The van der Waals surface area contributed by atoms with Gasteiger partial charge in [0.15, 0.2) is 12.0 Å². The predicted octanol–water partition coefficient (Wildman–Crippen LogP) is 2.86. The standard InChI is InChI=1S/C12H7ClN4OS/c13-9-3-1-8(2-4-9)11-10(7-18)15-16-17(11)12-14-5-6-19-12/h1-7H. The van der Waals surface area contributed by atoms with Gasteiger partial charge in [0.05, 0.1) is 0 Å². The Morgan fingerprint density at radius 2 is 2.05 bits per heavy atom. The Hall–Kier alpha value is -2.05. The fraction of sp³-hybridized carbons (Fsp3) is 0. The van der Waals surface area contributed by atoms with Gasteiger partial charge in [0, 0.05) is 22.2 Å². The SMILES string of the molecule is O=Cc1nnn(-c2nccs2)c1-c1ccc(Cl)cc1. The number of hydrogen-bond donors (Lipinski definition) is 0. The summed E-state index contributed by atoms with van der Waals surface area (Å²) in [5, 5.41) is 11.0. The van der Waals surface area contributed by atoms with Crippen LogP contribution in [0.2, 0.25) is 5.02 Å². The van der Waals surface area contributed by atoms with Crippen LogP contribution in [0.15, 0.2) is 35.8 Å². The van der Waals surface area contributed by atoms with Crippen LogP contribution in [0, 0.1) is 0 Å². The van der Waals surface area contributed by atoms with E-state index in [0.29, 0.717) is 22.1 Å². The first kappa shape index (κ1) is 12.0. The maximum atomic E-state index is 11.1. The second kappa shape index (κ2) is 4.91. The zero-order valence-corrected chi connectivity index (χ0v) is 11.1. The molecule has 0 fully saturated rings. The molecule has 0 aliphatic rings. The van der Waals surface area contributed by atoms with Gasteiger partial charge in [-0.05, 0) is 12.1 Å². The quantitative estimate of drug-likeness (QED) is 0.696. The van der Waals surface area contributed by atoms with Crippen molar-refractivity contribution in [3.05, 3.63) is 46.6 Å². The number of nitrogens with zero attached hydrogens (tertiary/aromatic N) is 4. The number of aromatic nitrogens is 4. The molecule has 3 aromatic rings. The molecule has 5 nitrogen and oxygen atoms in total. The minimum absolute atomic E-state index is 0.275. The number of halogens is 1. The van der Waals surface area contributed by atoms with Crippen molar-refractivity contribution in [2.24, 2.45) is 0 Å². The lowest BCUT2D eigenvalue weighted by Gasteiger charge is -2.03. The zero-order valence-electron chi connectivity index (χ0n) is 9.52. The van der Waals surface area contributed by atoms with Crippen LogP contribution in [0.3, 0.4) is 0 Å². The fourth-order valence-electron chi connectivity index (χ4n) is 1.71. The predicted molar refractivity (Wildman–Crippen MR) is 72.9 cm³/mol. The molecule has 94 valence electrons. The summed E-state index contributed by atoms with van der Waals surface area (Å²) in [6, 6.07) is 7.14. The second-order valence-electron chi connectivity index (χ2n) is 3.67. The van der Waals surface area contributed by atoms with Gasteiger partial charge < -0.3 is 0 Å². The number of carbonyl (C=O) groups excluding carboxylic acids is 1. The van der Waals surface area contributed by atoms with Crippen molar-refractivity contribution in [3.8, 4) is 16.4 Å². The molecule has 0 spiro atoms. The summed E-state index contributed by atoms with van der Waals surface area (Å²) in [5.74, 6) is 0. The summed E-state index contributed by atoms with van der Waals surface area (Å²) in [4.78, 5) is 15.3. The summed E-state index contributed by atoms with van der Waals surface area (Å²) in [7, 11) is 0. The molecule has 0 aliphatic heterocycles. The van der Waals surface area contributed by atoms with Gasteiger partial charge >= 0.3 is 0 Å². The number of rotatable bonds is 3. The van der Waals surface area contributed by atoms with Crippen LogP contribution in [0.25, 0.3) is 16.4 Å². The fourth-order valence-corrected chi connectivity index (χ4v) is 2.42. The van der Waals surface area contributed by atoms with Crippen LogP contribution >= 0.6 is 22.9 Å². The largest absolute Gasteiger partial charge is 0.296 e. The van der Waals surface area contributed by atoms with Gasteiger partial charge in [0.1, 0.15) is 5.69 Å². The van der Waals surface area contributed by atoms with E-state index in [1.165, 1.54) is 11.3 Å². The van der Waals surface area contributed by atoms with E-state index < -0.39 is 0 Å². The Balaban J connectivity index is 2.21. The smallest absolute Gasteiger partial charge is 0.212 e. The highest BCUT2D eigenvalue weighted by Gasteiger charge is 2.17. The van der Waals surface area contributed by atoms with E-state index in [2.05, 4.69) is 15.3 Å². The molecule has 2 aromatic heterocycles. The minimum Gasteiger partial charge on any atom is -0.296 e. The van der Waals surface area contributed by atoms with Crippen molar-refractivity contribution < 1.29 is 4.79 Å². The molecule has 0 radical (unpaired) electrons. The lowest BCUT2D eigenvalue weighted by Crippen LogP contribution is -1.99. The lowest BCUT2D eigenvalue weighted by molar-refractivity contribution is 0.111. The Morgan fingerprint density at radius 3 is 2.68 bits per heavy atom. The number of benzene rings is 1. The molecule has 2 heterocycles. The van der Waals surface area contributed by atoms with E-state index in [9.17, 15) is 4.79 Å². The van der Waals surface area contributed by atoms with Crippen molar-refractivity contribution in [2.75, 3.05) is 0 Å². The minimum atomic E-state index is 0.275. The molecule has 1 aromatic carbocycles. The van der Waals surface area contributed by atoms with Crippen LogP contribution in [0.5, 0.6) is 0 Å². The van der Waals surface area contributed by atoms with E-state index in [1.54, 1.807) is 23.0 Å². The highest BCUT2D eigenvalue weighted by atomic mass is 35.5. The third kappa shape index (κ3) is 2.16. The summed E-state index contributed by atoms with van der Waals surface area (Å²) in [6.07, 6.45) is 2.36. The second-order valence-corrected chi connectivity index (χ2v) is 4.98. The first-order valence-electron chi connectivity index (χ1n) is 5.36. The molecule has 0 atom stereocenters.